The van der Waals surface area contributed by atoms with Crippen molar-refractivity contribution in [1.82, 2.24) is 20.0 Å². The predicted molar refractivity (Wildman–Crippen MR) is 99.5 cm³/mol. The lowest BCUT2D eigenvalue weighted by Gasteiger charge is -2.32. The average molecular weight is 340 g/mol. The van der Waals surface area contributed by atoms with E-state index in [4.69, 9.17) is 0 Å². The largest absolute Gasteiger partial charge is 0.352 e. The van der Waals surface area contributed by atoms with Crippen LogP contribution in [0, 0.1) is 19.8 Å². The number of piperidine rings is 1. The summed E-state index contributed by atoms with van der Waals surface area (Å²) in [5, 5.41) is 7.46. The smallest absolute Gasteiger partial charge is 0.255 e. The fraction of sp³-hybridized carbons (Fsp3) is 0.500. The van der Waals surface area contributed by atoms with Crippen LogP contribution in [-0.2, 0) is 13.6 Å². The van der Waals surface area contributed by atoms with Crippen LogP contribution < -0.4 is 5.32 Å². The van der Waals surface area contributed by atoms with Crippen LogP contribution in [0.5, 0.6) is 0 Å². The quantitative estimate of drug-likeness (QED) is 0.910. The molecule has 1 saturated heterocycles. The van der Waals surface area contributed by atoms with Crippen molar-refractivity contribution >= 4 is 5.91 Å². The first-order valence-corrected chi connectivity index (χ1v) is 9.09. The second-order valence-electron chi connectivity index (χ2n) is 7.11. The van der Waals surface area contributed by atoms with Crippen LogP contribution in [0.3, 0.4) is 0 Å². The second-order valence-corrected chi connectivity index (χ2v) is 7.11. The van der Waals surface area contributed by atoms with E-state index in [2.05, 4.69) is 45.6 Å². The molecular formula is C20H28N4O. The van der Waals surface area contributed by atoms with E-state index in [1.54, 1.807) is 4.68 Å². The third-order valence-electron chi connectivity index (χ3n) is 5.14. The zero-order valence-corrected chi connectivity index (χ0v) is 15.5. The highest BCUT2D eigenvalue weighted by Crippen LogP contribution is 2.18. The molecule has 1 unspecified atom stereocenters. The molecule has 25 heavy (non-hydrogen) atoms. The van der Waals surface area contributed by atoms with E-state index in [1.165, 1.54) is 18.4 Å². The van der Waals surface area contributed by atoms with Gasteiger partial charge >= 0.3 is 0 Å². The van der Waals surface area contributed by atoms with Crippen molar-refractivity contribution < 1.29 is 4.79 Å². The number of nitrogens with zero attached hydrogens (tertiary/aromatic N) is 3. The molecule has 1 aromatic heterocycles. The lowest BCUT2D eigenvalue weighted by atomic mass is 9.97. The van der Waals surface area contributed by atoms with E-state index < -0.39 is 0 Å². The minimum absolute atomic E-state index is 0.00304. The molecule has 1 aliphatic rings. The van der Waals surface area contributed by atoms with E-state index in [9.17, 15) is 4.79 Å². The van der Waals surface area contributed by atoms with Gasteiger partial charge in [-0.05, 0) is 44.7 Å². The van der Waals surface area contributed by atoms with Crippen molar-refractivity contribution in [2.24, 2.45) is 13.0 Å². The molecule has 0 radical (unpaired) electrons. The van der Waals surface area contributed by atoms with Gasteiger partial charge < -0.3 is 5.32 Å². The number of hydrogen-bond donors (Lipinski definition) is 1. The number of aryl methyl sites for hydroxylation is 2. The number of carbonyl (C=O) groups is 1. The van der Waals surface area contributed by atoms with Gasteiger partial charge in [-0.1, -0.05) is 30.3 Å². The average Bonchev–Trinajstić information content (AvgIpc) is 2.86. The Labute approximate surface area is 150 Å². The van der Waals surface area contributed by atoms with Crippen molar-refractivity contribution in [2.75, 3.05) is 19.6 Å². The Hall–Kier alpha value is -2.14. The summed E-state index contributed by atoms with van der Waals surface area (Å²) >= 11 is 0. The Morgan fingerprint density at radius 2 is 2.04 bits per heavy atom. The lowest BCUT2D eigenvalue weighted by Crippen LogP contribution is -2.40. The first kappa shape index (κ1) is 17.7. The molecule has 0 spiro atoms. The Bertz CT molecular complexity index is 723. The Balaban J connectivity index is 1.53. The lowest BCUT2D eigenvalue weighted by molar-refractivity contribution is 0.0929. The van der Waals surface area contributed by atoms with Gasteiger partial charge in [-0.3, -0.25) is 14.4 Å². The second kappa shape index (κ2) is 7.83. The number of benzene rings is 1. The standard InChI is InChI=1S/C20H28N4O/c1-15-19(16(2)23(3)22-15)20(25)21-12-18-10-7-11-24(14-18)13-17-8-5-4-6-9-17/h4-6,8-9,18H,7,10-14H2,1-3H3,(H,21,25). The molecule has 3 rings (SSSR count). The normalized spacial score (nSPS) is 18.3. The summed E-state index contributed by atoms with van der Waals surface area (Å²) in [6.07, 6.45) is 2.37. The van der Waals surface area contributed by atoms with E-state index in [0.717, 1.165) is 43.1 Å². The molecule has 1 fully saturated rings. The molecule has 2 aromatic rings. The number of amides is 1. The van der Waals surface area contributed by atoms with E-state index in [1.807, 2.05) is 20.9 Å². The van der Waals surface area contributed by atoms with Crippen molar-refractivity contribution in [3.63, 3.8) is 0 Å². The topological polar surface area (TPSA) is 50.2 Å². The maximum Gasteiger partial charge on any atom is 0.255 e. The summed E-state index contributed by atoms with van der Waals surface area (Å²) in [6, 6.07) is 10.6. The van der Waals surface area contributed by atoms with Crippen LogP contribution in [0.1, 0.15) is 40.2 Å². The monoisotopic (exact) mass is 340 g/mol. The van der Waals surface area contributed by atoms with Crippen LogP contribution in [0.15, 0.2) is 30.3 Å². The summed E-state index contributed by atoms with van der Waals surface area (Å²) in [5.74, 6) is 0.516. The van der Waals surface area contributed by atoms with Crippen LogP contribution >= 0.6 is 0 Å². The van der Waals surface area contributed by atoms with E-state index >= 15 is 0 Å². The third kappa shape index (κ3) is 4.28. The van der Waals surface area contributed by atoms with Crippen molar-refractivity contribution in [2.45, 2.75) is 33.2 Å². The van der Waals surface area contributed by atoms with Crippen LogP contribution in [0.4, 0.5) is 0 Å². The number of rotatable bonds is 5. The van der Waals surface area contributed by atoms with Crippen molar-refractivity contribution in [3.05, 3.63) is 52.8 Å². The molecule has 134 valence electrons. The summed E-state index contributed by atoms with van der Waals surface area (Å²) < 4.78 is 1.77. The van der Waals surface area contributed by atoms with Crippen molar-refractivity contribution in [3.8, 4) is 0 Å². The molecule has 0 bridgehead atoms. The van der Waals surface area contributed by atoms with Crippen molar-refractivity contribution in [1.29, 1.82) is 0 Å². The molecule has 1 aromatic carbocycles. The Morgan fingerprint density at radius 1 is 1.28 bits per heavy atom. The summed E-state index contributed by atoms with van der Waals surface area (Å²) in [7, 11) is 1.88. The molecule has 1 N–H and O–H groups in total. The molecule has 1 aliphatic heterocycles. The van der Waals surface area contributed by atoms with Crippen LogP contribution in [-0.4, -0.2) is 40.2 Å². The van der Waals surface area contributed by atoms with Gasteiger partial charge in [0.15, 0.2) is 0 Å². The maximum atomic E-state index is 12.5. The first-order chi connectivity index (χ1) is 12.0. The Morgan fingerprint density at radius 3 is 2.72 bits per heavy atom. The van der Waals surface area contributed by atoms with Gasteiger partial charge in [-0.2, -0.15) is 5.10 Å². The minimum atomic E-state index is 0.00304. The molecule has 1 amide bonds. The molecule has 5 heteroatoms. The van der Waals surface area contributed by atoms with Gasteiger partial charge in [0.1, 0.15) is 0 Å². The van der Waals surface area contributed by atoms with E-state index in [0.29, 0.717) is 5.92 Å². The third-order valence-corrected chi connectivity index (χ3v) is 5.14. The summed E-state index contributed by atoms with van der Waals surface area (Å²) in [4.78, 5) is 15.0. The summed E-state index contributed by atoms with van der Waals surface area (Å²) in [6.45, 7) is 7.74. The zero-order chi connectivity index (χ0) is 17.8. The highest BCUT2D eigenvalue weighted by molar-refractivity contribution is 5.96. The van der Waals surface area contributed by atoms with Gasteiger partial charge in [-0.15, -0.1) is 0 Å². The zero-order valence-electron chi connectivity index (χ0n) is 15.5. The number of aromatic nitrogens is 2. The van der Waals surface area contributed by atoms with Gasteiger partial charge in [0, 0.05) is 32.4 Å². The molecule has 5 nitrogen and oxygen atoms in total. The Kier molecular flexibility index (Phi) is 5.53. The number of nitrogens with one attached hydrogen (secondary N) is 1. The number of carbonyl (C=O) groups excluding carboxylic acids is 1. The minimum Gasteiger partial charge on any atom is -0.352 e. The van der Waals surface area contributed by atoms with Crippen LogP contribution in [0.2, 0.25) is 0 Å². The molecular weight excluding hydrogens is 312 g/mol. The molecule has 0 aliphatic carbocycles. The predicted octanol–water partition coefficient (Wildman–Crippen LogP) is 2.68. The highest BCUT2D eigenvalue weighted by atomic mass is 16.1. The highest BCUT2D eigenvalue weighted by Gasteiger charge is 2.22. The van der Waals surface area contributed by atoms with Gasteiger partial charge in [0.2, 0.25) is 0 Å². The van der Waals surface area contributed by atoms with Gasteiger partial charge in [-0.25, -0.2) is 0 Å². The fourth-order valence-electron chi connectivity index (χ4n) is 3.73. The molecule has 2 heterocycles. The summed E-state index contributed by atoms with van der Waals surface area (Å²) in [5.41, 5.74) is 3.80. The van der Waals surface area contributed by atoms with Gasteiger partial charge in [0.05, 0.1) is 11.3 Å². The van der Waals surface area contributed by atoms with Crippen LogP contribution in [0.25, 0.3) is 0 Å². The van der Waals surface area contributed by atoms with E-state index in [-0.39, 0.29) is 5.91 Å². The first-order valence-electron chi connectivity index (χ1n) is 9.09. The molecule has 1 atom stereocenters. The molecule has 0 saturated carbocycles. The fourth-order valence-corrected chi connectivity index (χ4v) is 3.73. The number of hydrogen-bond acceptors (Lipinski definition) is 3. The maximum absolute atomic E-state index is 12.5. The number of likely N-dealkylation sites (tertiary alicyclic amines) is 1. The van der Waals surface area contributed by atoms with Gasteiger partial charge in [0.25, 0.3) is 5.91 Å². The SMILES string of the molecule is Cc1nn(C)c(C)c1C(=O)NCC1CCCN(Cc2ccccc2)C1.